The molecule has 1 aromatic heterocycles. The van der Waals surface area contributed by atoms with Gasteiger partial charge >= 0.3 is 0 Å². The molecule has 1 saturated carbocycles. The maximum atomic E-state index is 12.4. The number of nitrogens with zero attached hydrogens (tertiary/aromatic N) is 1. The van der Waals surface area contributed by atoms with E-state index in [9.17, 15) is 4.79 Å². The van der Waals surface area contributed by atoms with Crippen LogP contribution < -0.4 is 0 Å². The van der Waals surface area contributed by atoms with Crippen molar-refractivity contribution >= 4 is 5.78 Å². The highest BCUT2D eigenvalue weighted by Crippen LogP contribution is 2.35. The van der Waals surface area contributed by atoms with Crippen molar-refractivity contribution in [3.8, 4) is 0 Å². The maximum absolute atomic E-state index is 12.4. The van der Waals surface area contributed by atoms with Crippen LogP contribution in [-0.2, 0) is 11.2 Å². The van der Waals surface area contributed by atoms with E-state index in [0.29, 0.717) is 11.7 Å². The zero-order valence-corrected chi connectivity index (χ0v) is 10.9. The minimum atomic E-state index is 0.100. The van der Waals surface area contributed by atoms with Gasteiger partial charge in [-0.05, 0) is 30.4 Å². The molecule has 0 N–H and O–H groups in total. The summed E-state index contributed by atoms with van der Waals surface area (Å²) in [4.78, 5) is 16.9. The Morgan fingerprint density at radius 1 is 1.22 bits per heavy atom. The molecule has 0 amide bonds. The first-order valence-corrected chi connectivity index (χ1v) is 7.31. The van der Waals surface area contributed by atoms with Gasteiger partial charge in [0.05, 0.1) is 11.6 Å². The monoisotopic (exact) mass is 243 g/mol. The van der Waals surface area contributed by atoms with Gasteiger partial charge in [-0.3, -0.25) is 9.78 Å². The van der Waals surface area contributed by atoms with E-state index in [2.05, 4.69) is 11.1 Å². The number of ketones is 1. The summed E-state index contributed by atoms with van der Waals surface area (Å²) in [6, 6.07) is 4.10. The van der Waals surface area contributed by atoms with Gasteiger partial charge in [-0.15, -0.1) is 0 Å². The fraction of sp³-hybridized carbons (Fsp3) is 0.625. The first-order valence-electron chi connectivity index (χ1n) is 7.31. The zero-order valence-electron chi connectivity index (χ0n) is 10.9. The number of aryl methyl sites for hydroxylation is 1. The number of rotatable bonds is 3. The smallest absolute Gasteiger partial charge is 0.142 e. The van der Waals surface area contributed by atoms with E-state index < -0.39 is 0 Å². The van der Waals surface area contributed by atoms with E-state index in [0.717, 1.165) is 25.0 Å². The number of fused-ring (bicyclic) bond motifs is 1. The predicted octanol–water partition coefficient (Wildman–Crippen LogP) is 3.65. The van der Waals surface area contributed by atoms with Crippen molar-refractivity contribution in [2.24, 2.45) is 5.92 Å². The number of hydrogen-bond acceptors (Lipinski definition) is 2. The van der Waals surface area contributed by atoms with Crippen LogP contribution in [0, 0.1) is 5.92 Å². The summed E-state index contributed by atoms with van der Waals surface area (Å²) in [5, 5.41) is 0. The lowest BCUT2D eigenvalue weighted by molar-refractivity contribution is -0.121. The molecule has 0 radical (unpaired) electrons. The van der Waals surface area contributed by atoms with E-state index in [1.807, 2.05) is 12.3 Å². The van der Waals surface area contributed by atoms with Gasteiger partial charge in [-0.25, -0.2) is 0 Å². The molecule has 3 rings (SSSR count). The van der Waals surface area contributed by atoms with Gasteiger partial charge in [0.25, 0.3) is 0 Å². The standard InChI is InChI=1S/C16H21NO/c18-15(11-12-5-2-1-3-6-12)14-9-8-13-7-4-10-17-16(13)14/h4,7,10,12,14H,1-3,5-6,8-9,11H2. The average Bonchev–Trinajstić information content (AvgIpc) is 2.84. The fourth-order valence-electron chi connectivity index (χ4n) is 3.54. The lowest BCUT2D eigenvalue weighted by atomic mass is 9.83. The summed E-state index contributed by atoms with van der Waals surface area (Å²) in [5.74, 6) is 1.20. The topological polar surface area (TPSA) is 30.0 Å². The van der Waals surface area contributed by atoms with E-state index >= 15 is 0 Å². The van der Waals surface area contributed by atoms with Crippen molar-refractivity contribution in [3.63, 3.8) is 0 Å². The number of hydrogen-bond donors (Lipinski definition) is 0. The van der Waals surface area contributed by atoms with Crippen LogP contribution in [0.2, 0.25) is 0 Å². The Kier molecular flexibility index (Phi) is 3.44. The Morgan fingerprint density at radius 3 is 2.89 bits per heavy atom. The third-order valence-electron chi connectivity index (χ3n) is 4.56. The molecule has 0 saturated heterocycles. The second kappa shape index (κ2) is 5.21. The number of carbonyl (C=O) groups excluding carboxylic acids is 1. The summed E-state index contributed by atoms with van der Waals surface area (Å²) in [7, 11) is 0. The second-order valence-corrected chi connectivity index (χ2v) is 5.81. The SMILES string of the molecule is O=C(CC1CCCCC1)C1CCc2cccnc21. The molecule has 1 heterocycles. The molecule has 18 heavy (non-hydrogen) atoms. The van der Waals surface area contributed by atoms with Crippen LogP contribution in [0.25, 0.3) is 0 Å². The van der Waals surface area contributed by atoms with Crippen molar-refractivity contribution in [2.45, 2.75) is 57.3 Å². The summed E-state index contributed by atoms with van der Waals surface area (Å²) in [6.07, 6.45) is 11.1. The molecule has 0 aromatic carbocycles. The summed E-state index contributed by atoms with van der Waals surface area (Å²) in [5.41, 5.74) is 2.36. The zero-order chi connectivity index (χ0) is 12.4. The van der Waals surface area contributed by atoms with Gasteiger partial charge in [0, 0.05) is 12.6 Å². The Bertz CT molecular complexity index is 434. The van der Waals surface area contributed by atoms with Crippen LogP contribution in [0.4, 0.5) is 0 Å². The van der Waals surface area contributed by atoms with Crippen molar-refractivity contribution in [2.75, 3.05) is 0 Å². The number of Topliss-reactive ketones (excluding diaryl/α,β-unsaturated/α-hetero) is 1. The minimum Gasteiger partial charge on any atom is -0.299 e. The lowest BCUT2D eigenvalue weighted by Crippen LogP contribution is -2.17. The van der Waals surface area contributed by atoms with Crippen LogP contribution in [0.5, 0.6) is 0 Å². The van der Waals surface area contributed by atoms with Crippen LogP contribution in [0.1, 0.15) is 62.1 Å². The van der Waals surface area contributed by atoms with Gasteiger partial charge in [-0.2, -0.15) is 0 Å². The molecule has 2 heteroatoms. The highest BCUT2D eigenvalue weighted by atomic mass is 16.1. The summed E-state index contributed by atoms with van der Waals surface area (Å²) in [6.45, 7) is 0. The van der Waals surface area contributed by atoms with Crippen LogP contribution in [0.15, 0.2) is 18.3 Å². The molecule has 96 valence electrons. The fourth-order valence-corrected chi connectivity index (χ4v) is 3.54. The van der Waals surface area contributed by atoms with Crippen LogP contribution in [0.3, 0.4) is 0 Å². The normalized spacial score (nSPS) is 23.9. The molecule has 0 spiro atoms. The molecule has 1 atom stereocenters. The molecule has 2 aliphatic rings. The number of carbonyl (C=O) groups is 1. The molecule has 0 aliphatic heterocycles. The molecule has 1 aromatic rings. The van der Waals surface area contributed by atoms with Crippen molar-refractivity contribution in [1.29, 1.82) is 0 Å². The second-order valence-electron chi connectivity index (χ2n) is 5.81. The maximum Gasteiger partial charge on any atom is 0.142 e. The molecule has 1 unspecified atom stereocenters. The molecular weight excluding hydrogens is 222 g/mol. The van der Waals surface area contributed by atoms with Gasteiger partial charge < -0.3 is 0 Å². The quantitative estimate of drug-likeness (QED) is 0.811. The van der Waals surface area contributed by atoms with Gasteiger partial charge in [0.2, 0.25) is 0 Å². The first kappa shape index (κ1) is 11.9. The van der Waals surface area contributed by atoms with Gasteiger partial charge in [-0.1, -0.05) is 38.2 Å². The highest BCUT2D eigenvalue weighted by Gasteiger charge is 2.31. The third kappa shape index (κ3) is 2.33. The number of aromatic nitrogens is 1. The van der Waals surface area contributed by atoms with Gasteiger partial charge in [0.1, 0.15) is 5.78 Å². The Hall–Kier alpha value is -1.18. The predicted molar refractivity (Wildman–Crippen MR) is 71.5 cm³/mol. The highest BCUT2D eigenvalue weighted by molar-refractivity contribution is 5.86. The van der Waals surface area contributed by atoms with Crippen LogP contribution in [-0.4, -0.2) is 10.8 Å². The Labute approximate surface area is 109 Å². The van der Waals surface area contributed by atoms with Crippen molar-refractivity contribution in [1.82, 2.24) is 4.98 Å². The molecule has 2 aliphatic carbocycles. The van der Waals surface area contributed by atoms with E-state index in [1.165, 1.54) is 37.7 Å². The lowest BCUT2D eigenvalue weighted by Gasteiger charge is -2.22. The van der Waals surface area contributed by atoms with Crippen molar-refractivity contribution in [3.05, 3.63) is 29.6 Å². The molecule has 1 fully saturated rings. The first-order chi connectivity index (χ1) is 8.84. The molecular formula is C16H21NO. The molecule has 2 nitrogen and oxygen atoms in total. The Morgan fingerprint density at radius 2 is 2.06 bits per heavy atom. The average molecular weight is 243 g/mol. The largest absolute Gasteiger partial charge is 0.299 e. The number of pyridine rings is 1. The van der Waals surface area contributed by atoms with E-state index in [-0.39, 0.29) is 5.92 Å². The molecule has 0 bridgehead atoms. The van der Waals surface area contributed by atoms with Crippen LogP contribution >= 0.6 is 0 Å². The van der Waals surface area contributed by atoms with E-state index in [4.69, 9.17) is 0 Å². The van der Waals surface area contributed by atoms with Crippen molar-refractivity contribution < 1.29 is 4.79 Å². The summed E-state index contributed by atoms with van der Waals surface area (Å²) >= 11 is 0. The Balaban J connectivity index is 1.67. The minimum absolute atomic E-state index is 0.100. The summed E-state index contributed by atoms with van der Waals surface area (Å²) < 4.78 is 0. The van der Waals surface area contributed by atoms with E-state index in [1.54, 1.807) is 0 Å². The third-order valence-corrected chi connectivity index (χ3v) is 4.56. The van der Waals surface area contributed by atoms with Gasteiger partial charge in [0.15, 0.2) is 0 Å².